The third-order valence-electron chi connectivity index (χ3n) is 5.49. The number of nitrogens with zero attached hydrogens (tertiary/aromatic N) is 4. The highest BCUT2D eigenvalue weighted by Gasteiger charge is 2.26. The van der Waals surface area contributed by atoms with Gasteiger partial charge in [-0.05, 0) is 43.3 Å². The standard InChI is InChI=1S/C22H25N5O4/c1-15-13-25(22(23)30)7-8-26(15)17-3-2-4-18(12-17)27-14-24-19-11-16(5-6-20(19)27)21(29)31-10-9-28/h2-6,11-12,14-15,28H,7-10,13H2,1H3,(H2,23,30). The molecule has 9 nitrogen and oxygen atoms in total. The number of hydrogen-bond donors (Lipinski definition) is 2. The molecule has 2 amide bonds. The van der Waals surface area contributed by atoms with Crippen molar-refractivity contribution < 1.29 is 19.4 Å². The fourth-order valence-electron chi connectivity index (χ4n) is 3.93. The number of rotatable bonds is 5. The predicted octanol–water partition coefficient (Wildman–Crippen LogP) is 1.76. The summed E-state index contributed by atoms with van der Waals surface area (Å²) < 4.78 is 6.94. The summed E-state index contributed by atoms with van der Waals surface area (Å²) in [6.07, 6.45) is 1.72. The van der Waals surface area contributed by atoms with E-state index in [9.17, 15) is 9.59 Å². The molecule has 31 heavy (non-hydrogen) atoms. The zero-order valence-electron chi connectivity index (χ0n) is 17.3. The largest absolute Gasteiger partial charge is 0.460 e. The van der Waals surface area contributed by atoms with Crippen molar-refractivity contribution in [2.24, 2.45) is 5.73 Å². The number of carbonyl (C=O) groups is 2. The average Bonchev–Trinajstić information content (AvgIpc) is 3.20. The van der Waals surface area contributed by atoms with Gasteiger partial charge in [-0.15, -0.1) is 0 Å². The Balaban J connectivity index is 1.59. The van der Waals surface area contributed by atoms with Crippen LogP contribution in [0.5, 0.6) is 0 Å². The first-order chi connectivity index (χ1) is 15.0. The number of nitrogens with two attached hydrogens (primary N) is 1. The van der Waals surface area contributed by atoms with Gasteiger partial charge in [0.1, 0.15) is 12.9 Å². The first-order valence-electron chi connectivity index (χ1n) is 10.1. The second-order valence-electron chi connectivity index (χ2n) is 7.52. The van der Waals surface area contributed by atoms with E-state index in [2.05, 4.69) is 22.9 Å². The van der Waals surface area contributed by atoms with Crippen LogP contribution < -0.4 is 10.6 Å². The lowest BCUT2D eigenvalue weighted by Gasteiger charge is -2.40. The minimum Gasteiger partial charge on any atom is -0.460 e. The number of aliphatic hydroxyl groups excluding tert-OH is 1. The normalized spacial score (nSPS) is 16.5. The minimum absolute atomic E-state index is 0.0375. The van der Waals surface area contributed by atoms with Crippen LogP contribution in [0.1, 0.15) is 17.3 Å². The van der Waals surface area contributed by atoms with E-state index < -0.39 is 5.97 Å². The van der Waals surface area contributed by atoms with Crippen molar-refractivity contribution in [2.45, 2.75) is 13.0 Å². The Bertz CT molecular complexity index is 1110. The number of anilines is 1. The molecule has 1 aromatic heterocycles. The molecule has 1 aliphatic heterocycles. The molecule has 1 fully saturated rings. The van der Waals surface area contributed by atoms with E-state index in [1.54, 1.807) is 23.4 Å². The van der Waals surface area contributed by atoms with Gasteiger partial charge < -0.3 is 25.4 Å². The molecule has 3 aromatic rings. The number of amides is 2. The van der Waals surface area contributed by atoms with Crippen LogP contribution in [-0.2, 0) is 4.74 Å². The van der Waals surface area contributed by atoms with Gasteiger partial charge in [-0.25, -0.2) is 14.6 Å². The Hall–Kier alpha value is -3.59. The molecule has 1 saturated heterocycles. The van der Waals surface area contributed by atoms with Gasteiger partial charge >= 0.3 is 12.0 Å². The number of fused-ring (bicyclic) bond motifs is 1. The van der Waals surface area contributed by atoms with Gasteiger partial charge in [0.15, 0.2) is 0 Å². The van der Waals surface area contributed by atoms with E-state index in [0.29, 0.717) is 30.7 Å². The molecule has 2 heterocycles. The molecule has 0 saturated carbocycles. The van der Waals surface area contributed by atoms with Crippen molar-refractivity contribution in [1.82, 2.24) is 14.5 Å². The van der Waals surface area contributed by atoms with Gasteiger partial charge in [-0.3, -0.25) is 4.57 Å². The highest BCUT2D eigenvalue weighted by Crippen LogP contribution is 2.26. The molecule has 2 aromatic carbocycles. The van der Waals surface area contributed by atoms with Gasteiger partial charge in [0.2, 0.25) is 0 Å². The number of hydrogen-bond acceptors (Lipinski definition) is 6. The van der Waals surface area contributed by atoms with Gasteiger partial charge in [-0.2, -0.15) is 0 Å². The molecule has 1 atom stereocenters. The van der Waals surface area contributed by atoms with Crippen molar-refractivity contribution in [3.8, 4) is 5.69 Å². The van der Waals surface area contributed by atoms with E-state index >= 15 is 0 Å². The Kier molecular flexibility index (Phi) is 5.77. The lowest BCUT2D eigenvalue weighted by molar-refractivity contribution is 0.0434. The topological polar surface area (TPSA) is 114 Å². The van der Waals surface area contributed by atoms with Crippen LogP contribution in [0.15, 0.2) is 48.8 Å². The van der Waals surface area contributed by atoms with Crippen molar-refractivity contribution in [3.63, 3.8) is 0 Å². The number of carbonyl (C=O) groups excluding carboxylic acids is 2. The second-order valence-corrected chi connectivity index (χ2v) is 7.52. The van der Waals surface area contributed by atoms with Crippen LogP contribution in [0.4, 0.5) is 10.5 Å². The summed E-state index contributed by atoms with van der Waals surface area (Å²) in [6, 6.07) is 13.1. The SMILES string of the molecule is CC1CN(C(N)=O)CCN1c1cccc(-n2cnc3cc(C(=O)OCCO)ccc32)c1. The Morgan fingerprint density at radius 3 is 2.74 bits per heavy atom. The second kappa shape index (κ2) is 8.65. The summed E-state index contributed by atoms with van der Waals surface area (Å²) >= 11 is 0. The van der Waals surface area contributed by atoms with Gasteiger partial charge in [0.05, 0.1) is 23.2 Å². The van der Waals surface area contributed by atoms with E-state index in [-0.39, 0.29) is 25.3 Å². The maximum Gasteiger partial charge on any atom is 0.338 e. The summed E-state index contributed by atoms with van der Waals surface area (Å²) in [5, 5.41) is 8.81. The summed E-state index contributed by atoms with van der Waals surface area (Å²) in [5.74, 6) is -0.489. The number of imidazole rings is 1. The zero-order chi connectivity index (χ0) is 22.0. The average molecular weight is 423 g/mol. The van der Waals surface area contributed by atoms with Crippen LogP contribution in [-0.4, -0.2) is 70.4 Å². The highest BCUT2D eigenvalue weighted by molar-refractivity contribution is 5.94. The lowest BCUT2D eigenvalue weighted by Crippen LogP contribution is -2.55. The van der Waals surface area contributed by atoms with Crippen LogP contribution in [0.2, 0.25) is 0 Å². The first-order valence-corrected chi connectivity index (χ1v) is 10.1. The molecule has 9 heteroatoms. The van der Waals surface area contributed by atoms with Crippen molar-refractivity contribution in [1.29, 1.82) is 0 Å². The van der Waals surface area contributed by atoms with Crippen LogP contribution in [0.25, 0.3) is 16.7 Å². The van der Waals surface area contributed by atoms with E-state index in [0.717, 1.165) is 16.9 Å². The number of esters is 1. The van der Waals surface area contributed by atoms with E-state index in [1.165, 1.54) is 0 Å². The maximum atomic E-state index is 12.0. The fraction of sp³-hybridized carbons (Fsp3) is 0.318. The number of urea groups is 1. The number of piperazine rings is 1. The van der Waals surface area contributed by atoms with Crippen molar-refractivity contribution in [2.75, 3.05) is 37.7 Å². The number of benzene rings is 2. The Morgan fingerprint density at radius 2 is 2.00 bits per heavy atom. The third kappa shape index (κ3) is 4.17. The van der Waals surface area contributed by atoms with Gasteiger partial charge in [0, 0.05) is 37.1 Å². The third-order valence-corrected chi connectivity index (χ3v) is 5.49. The quantitative estimate of drug-likeness (QED) is 0.605. The summed E-state index contributed by atoms with van der Waals surface area (Å²) in [4.78, 5) is 31.9. The molecular formula is C22H25N5O4. The number of primary amides is 1. The lowest BCUT2D eigenvalue weighted by atomic mass is 10.1. The summed E-state index contributed by atoms with van der Waals surface area (Å²) in [6.45, 7) is 3.71. The molecule has 0 bridgehead atoms. The molecule has 4 rings (SSSR count). The molecule has 0 spiro atoms. The van der Waals surface area contributed by atoms with Crippen LogP contribution in [0.3, 0.4) is 0 Å². The highest BCUT2D eigenvalue weighted by atomic mass is 16.5. The van der Waals surface area contributed by atoms with E-state index in [4.69, 9.17) is 15.6 Å². The first kappa shape index (κ1) is 20.7. The molecule has 3 N–H and O–H groups in total. The molecule has 0 aliphatic carbocycles. The fourth-order valence-corrected chi connectivity index (χ4v) is 3.93. The monoisotopic (exact) mass is 423 g/mol. The van der Waals surface area contributed by atoms with Crippen molar-refractivity contribution in [3.05, 3.63) is 54.4 Å². The molecule has 162 valence electrons. The number of aliphatic hydroxyl groups is 1. The summed E-state index contributed by atoms with van der Waals surface area (Å²) in [7, 11) is 0. The minimum atomic E-state index is -0.489. The Labute approximate surface area is 179 Å². The van der Waals surface area contributed by atoms with Gasteiger partial charge in [-0.1, -0.05) is 6.07 Å². The number of aromatic nitrogens is 2. The number of ether oxygens (including phenoxy) is 1. The van der Waals surface area contributed by atoms with Crippen LogP contribution in [0, 0.1) is 0 Å². The zero-order valence-corrected chi connectivity index (χ0v) is 17.3. The van der Waals surface area contributed by atoms with Gasteiger partial charge in [0.25, 0.3) is 0 Å². The summed E-state index contributed by atoms with van der Waals surface area (Å²) in [5.41, 5.74) is 9.35. The smallest absolute Gasteiger partial charge is 0.338 e. The molecule has 0 radical (unpaired) electrons. The van der Waals surface area contributed by atoms with E-state index in [1.807, 2.05) is 28.8 Å². The molecule has 1 aliphatic rings. The Morgan fingerprint density at radius 1 is 1.19 bits per heavy atom. The van der Waals surface area contributed by atoms with Crippen LogP contribution >= 0.6 is 0 Å². The molecular weight excluding hydrogens is 398 g/mol. The molecule has 1 unspecified atom stereocenters. The predicted molar refractivity (Wildman–Crippen MR) is 116 cm³/mol. The van der Waals surface area contributed by atoms with Crippen molar-refractivity contribution >= 4 is 28.7 Å². The maximum absolute atomic E-state index is 12.0.